The van der Waals surface area contributed by atoms with Gasteiger partial charge >= 0.3 is 6.03 Å². The van der Waals surface area contributed by atoms with Gasteiger partial charge in [0.05, 0.1) is 13.2 Å². The first-order valence-corrected chi connectivity index (χ1v) is 7.20. The summed E-state index contributed by atoms with van der Waals surface area (Å²) in [6, 6.07) is 10.3. The summed E-state index contributed by atoms with van der Waals surface area (Å²) in [5, 5.41) is 15.4. The summed E-state index contributed by atoms with van der Waals surface area (Å²) in [6.45, 7) is -0.0335. The van der Waals surface area contributed by atoms with Crippen molar-refractivity contribution in [3.05, 3.63) is 58.9 Å². The molecule has 2 rings (SSSR count). The Labute approximate surface area is 138 Å². The van der Waals surface area contributed by atoms with Crippen LogP contribution in [0.25, 0.3) is 0 Å². The van der Waals surface area contributed by atoms with Gasteiger partial charge in [0.2, 0.25) is 0 Å². The van der Waals surface area contributed by atoms with Crippen LogP contribution < -0.4 is 15.4 Å². The van der Waals surface area contributed by atoms with Gasteiger partial charge in [-0.1, -0.05) is 29.8 Å². The number of carbonyl (C=O) groups is 1. The number of carbonyl (C=O) groups excluding carboxylic acids is 1. The molecule has 1 atom stereocenters. The van der Waals surface area contributed by atoms with E-state index in [1.807, 2.05) is 0 Å². The van der Waals surface area contributed by atoms with Gasteiger partial charge in [-0.25, -0.2) is 9.18 Å². The molecule has 122 valence electrons. The average Bonchev–Trinajstić information content (AvgIpc) is 2.53. The second kappa shape index (κ2) is 7.80. The van der Waals surface area contributed by atoms with E-state index >= 15 is 0 Å². The molecule has 0 heterocycles. The fourth-order valence-electron chi connectivity index (χ4n) is 1.96. The standard InChI is InChI=1S/C16H16ClFN2O3/c1-23-15-7-6-10(8-13(15)18)20-16(22)19-9-14(21)11-4-2-3-5-12(11)17/h2-8,14,21H,9H2,1H3,(H2,19,20,22). The number of hydrogen-bond acceptors (Lipinski definition) is 3. The lowest BCUT2D eigenvalue weighted by Gasteiger charge is -2.14. The molecule has 1 unspecified atom stereocenters. The van der Waals surface area contributed by atoms with Gasteiger partial charge in [0.25, 0.3) is 0 Å². The molecular formula is C16H16ClFN2O3. The highest BCUT2D eigenvalue weighted by Gasteiger charge is 2.13. The molecule has 0 radical (unpaired) electrons. The minimum absolute atomic E-state index is 0.0335. The number of aliphatic hydroxyl groups excluding tert-OH is 1. The van der Waals surface area contributed by atoms with E-state index in [4.69, 9.17) is 16.3 Å². The van der Waals surface area contributed by atoms with Gasteiger partial charge in [0.15, 0.2) is 11.6 Å². The molecular weight excluding hydrogens is 323 g/mol. The van der Waals surface area contributed by atoms with Crippen molar-refractivity contribution in [2.24, 2.45) is 0 Å². The third kappa shape index (κ3) is 4.58. The van der Waals surface area contributed by atoms with Gasteiger partial charge in [-0.2, -0.15) is 0 Å². The van der Waals surface area contributed by atoms with E-state index in [2.05, 4.69) is 10.6 Å². The average molecular weight is 339 g/mol. The quantitative estimate of drug-likeness (QED) is 0.783. The maximum atomic E-state index is 13.5. The van der Waals surface area contributed by atoms with E-state index in [9.17, 15) is 14.3 Å². The minimum atomic E-state index is -0.943. The van der Waals surface area contributed by atoms with Crippen molar-refractivity contribution in [2.75, 3.05) is 19.0 Å². The second-order valence-corrected chi connectivity index (χ2v) is 5.13. The van der Waals surface area contributed by atoms with Crippen molar-refractivity contribution in [2.45, 2.75) is 6.10 Å². The summed E-state index contributed by atoms with van der Waals surface area (Å²) >= 11 is 5.97. The number of halogens is 2. The van der Waals surface area contributed by atoms with Crippen molar-refractivity contribution in [3.8, 4) is 5.75 Å². The van der Waals surface area contributed by atoms with Crippen molar-refractivity contribution in [1.29, 1.82) is 0 Å². The number of aliphatic hydroxyl groups is 1. The molecule has 0 aliphatic heterocycles. The van der Waals surface area contributed by atoms with Crippen LogP contribution in [0.3, 0.4) is 0 Å². The summed E-state index contributed by atoms with van der Waals surface area (Å²) in [5.74, 6) is -0.494. The van der Waals surface area contributed by atoms with Crippen LogP contribution in [0, 0.1) is 5.82 Å². The molecule has 3 N–H and O–H groups in total. The largest absolute Gasteiger partial charge is 0.494 e. The fourth-order valence-corrected chi connectivity index (χ4v) is 2.23. The molecule has 0 saturated heterocycles. The summed E-state index contributed by atoms with van der Waals surface area (Å²) in [6.07, 6.45) is -0.943. The first-order valence-electron chi connectivity index (χ1n) is 6.82. The number of nitrogens with one attached hydrogen (secondary N) is 2. The van der Waals surface area contributed by atoms with Crippen LogP contribution in [0.15, 0.2) is 42.5 Å². The number of ether oxygens (including phenoxy) is 1. The van der Waals surface area contributed by atoms with Crippen LogP contribution in [0.2, 0.25) is 5.02 Å². The maximum absolute atomic E-state index is 13.5. The Balaban J connectivity index is 1.90. The molecule has 23 heavy (non-hydrogen) atoms. The number of rotatable bonds is 5. The van der Waals surface area contributed by atoms with Crippen molar-refractivity contribution >= 4 is 23.3 Å². The zero-order valence-corrected chi connectivity index (χ0v) is 13.1. The van der Waals surface area contributed by atoms with E-state index in [0.29, 0.717) is 10.6 Å². The molecule has 2 aromatic rings. The Hall–Kier alpha value is -2.31. The first kappa shape index (κ1) is 17.1. The molecule has 0 aromatic heterocycles. The van der Waals surface area contributed by atoms with Crippen molar-refractivity contribution in [3.63, 3.8) is 0 Å². The van der Waals surface area contributed by atoms with Crippen LogP contribution in [0.1, 0.15) is 11.7 Å². The van der Waals surface area contributed by atoms with Crippen LogP contribution in [0.5, 0.6) is 5.75 Å². The van der Waals surface area contributed by atoms with Gasteiger partial charge in [0, 0.05) is 28.9 Å². The lowest BCUT2D eigenvalue weighted by Crippen LogP contribution is -2.32. The van der Waals surface area contributed by atoms with Crippen molar-refractivity contribution in [1.82, 2.24) is 5.32 Å². The van der Waals surface area contributed by atoms with Crippen LogP contribution >= 0.6 is 11.6 Å². The molecule has 7 heteroatoms. The third-order valence-corrected chi connectivity index (χ3v) is 3.47. The molecule has 5 nitrogen and oxygen atoms in total. The number of benzene rings is 2. The number of hydrogen-bond donors (Lipinski definition) is 3. The molecule has 0 bridgehead atoms. The fraction of sp³-hybridized carbons (Fsp3) is 0.188. The predicted octanol–water partition coefficient (Wildman–Crippen LogP) is 3.34. The van der Waals surface area contributed by atoms with E-state index < -0.39 is 18.0 Å². The third-order valence-electron chi connectivity index (χ3n) is 3.13. The minimum Gasteiger partial charge on any atom is -0.494 e. The molecule has 0 saturated carbocycles. The highest BCUT2D eigenvalue weighted by molar-refractivity contribution is 6.31. The predicted molar refractivity (Wildman–Crippen MR) is 86.4 cm³/mol. The van der Waals surface area contributed by atoms with E-state index in [1.165, 1.54) is 19.2 Å². The molecule has 2 amide bonds. The lowest BCUT2D eigenvalue weighted by atomic mass is 10.1. The maximum Gasteiger partial charge on any atom is 0.319 e. The number of urea groups is 1. The summed E-state index contributed by atoms with van der Waals surface area (Å²) in [5.41, 5.74) is 0.790. The zero-order valence-electron chi connectivity index (χ0n) is 12.3. The van der Waals surface area contributed by atoms with Crippen LogP contribution in [-0.2, 0) is 0 Å². The summed E-state index contributed by atoms with van der Waals surface area (Å²) < 4.78 is 18.3. The molecule has 2 aromatic carbocycles. The second-order valence-electron chi connectivity index (χ2n) is 4.72. The summed E-state index contributed by atoms with van der Waals surface area (Å²) in [4.78, 5) is 11.8. The SMILES string of the molecule is COc1ccc(NC(=O)NCC(O)c2ccccc2Cl)cc1F. The topological polar surface area (TPSA) is 70.6 Å². The Morgan fingerprint density at radius 1 is 1.35 bits per heavy atom. The number of methoxy groups -OCH3 is 1. The van der Waals surface area contributed by atoms with Gasteiger partial charge in [-0.15, -0.1) is 0 Å². The highest BCUT2D eigenvalue weighted by Crippen LogP contribution is 2.22. The number of amides is 2. The Morgan fingerprint density at radius 3 is 2.74 bits per heavy atom. The van der Waals surface area contributed by atoms with E-state index in [1.54, 1.807) is 24.3 Å². The van der Waals surface area contributed by atoms with Gasteiger partial charge in [-0.05, 0) is 18.2 Å². The van der Waals surface area contributed by atoms with Crippen LogP contribution in [0.4, 0.5) is 14.9 Å². The highest BCUT2D eigenvalue weighted by atomic mass is 35.5. The smallest absolute Gasteiger partial charge is 0.319 e. The normalized spacial score (nSPS) is 11.7. The molecule has 0 aliphatic carbocycles. The van der Waals surface area contributed by atoms with E-state index in [-0.39, 0.29) is 18.0 Å². The Kier molecular flexibility index (Phi) is 5.78. The van der Waals surface area contributed by atoms with Gasteiger partial charge in [-0.3, -0.25) is 0 Å². The lowest BCUT2D eigenvalue weighted by molar-refractivity contribution is 0.175. The number of anilines is 1. The summed E-state index contributed by atoms with van der Waals surface area (Å²) in [7, 11) is 1.36. The first-order chi connectivity index (χ1) is 11.0. The van der Waals surface area contributed by atoms with Crippen LogP contribution in [-0.4, -0.2) is 24.8 Å². The monoisotopic (exact) mass is 338 g/mol. The molecule has 0 spiro atoms. The van der Waals surface area contributed by atoms with E-state index in [0.717, 1.165) is 6.07 Å². The Bertz CT molecular complexity index is 697. The molecule has 0 fully saturated rings. The van der Waals surface area contributed by atoms with Gasteiger partial charge in [0.1, 0.15) is 0 Å². The Morgan fingerprint density at radius 2 is 2.09 bits per heavy atom. The molecule has 0 aliphatic rings. The zero-order chi connectivity index (χ0) is 16.8. The van der Waals surface area contributed by atoms with Gasteiger partial charge < -0.3 is 20.5 Å². The van der Waals surface area contributed by atoms with Crippen molar-refractivity contribution < 1.29 is 19.0 Å².